The maximum Gasteiger partial charge on any atom is 0.317 e. The van der Waals surface area contributed by atoms with Gasteiger partial charge in [0.15, 0.2) is 0 Å². The van der Waals surface area contributed by atoms with Gasteiger partial charge in [-0.1, -0.05) is 18.2 Å². The van der Waals surface area contributed by atoms with Gasteiger partial charge in [-0.05, 0) is 36.1 Å². The van der Waals surface area contributed by atoms with Crippen molar-refractivity contribution in [2.24, 2.45) is 0 Å². The number of aromatic nitrogens is 3. The van der Waals surface area contributed by atoms with Gasteiger partial charge in [0.1, 0.15) is 12.7 Å². The van der Waals surface area contributed by atoms with Crippen molar-refractivity contribution < 1.29 is 4.79 Å². The molecule has 0 radical (unpaired) electrons. The first-order chi connectivity index (χ1) is 13.7. The van der Waals surface area contributed by atoms with Crippen LogP contribution in [0.15, 0.2) is 54.4 Å². The van der Waals surface area contributed by atoms with Gasteiger partial charge in [0.05, 0.1) is 11.7 Å². The molecule has 0 bridgehead atoms. The third-order valence-corrected chi connectivity index (χ3v) is 5.90. The third-order valence-electron chi connectivity index (χ3n) is 5.04. The zero-order chi connectivity index (χ0) is 19.3. The second kappa shape index (κ2) is 8.53. The number of amides is 2. The van der Waals surface area contributed by atoms with E-state index in [1.807, 2.05) is 36.1 Å². The van der Waals surface area contributed by atoms with E-state index >= 15 is 0 Å². The molecule has 2 amide bonds. The lowest BCUT2D eigenvalue weighted by Gasteiger charge is -2.35. The van der Waals surface area contributed by atoms with Crippen LogP contribution in [0.25, 0.3) is 5.69 Å². The second-order valence-corrected chi connectivity index (χ2v) is 7.98. The van der Waals surface area contributed by atoms with Gasteiger partial charge in [-0.2, -0.15) is 5.10 Å². The van der Waals surface area contributed by atoms with Crippen LogP contribution in [0, 0.1) is 0 Å². The fourth-order valence-corrected chi connectivity index (χ4v) is 4.10. The molecule has 1 fully saturated rings. The molecule has 3 aromatic rings. The van der Waals surface area contributed by atoms with Crippen molar-refractivity contribution in [3.05, 3.63) is 64.9 Å². The molecule has 1 aliphatic heterocycles. The van der Waals surface area contributed by atoms with Crippen LogP contribution in [0.3, 0.4) is 0 Å². The average molecular weight is 397 g/mol. The predicted molar refractivity (Wildman–Crippen MR) is 109 cm³/mol. The molecular weight excluding hydrogens is 372 g/mol. The maximum absolute atomic E-state index is 12.6. The Morgan fingerprint density at radius 2 is 1.96 bits per heavy atom. The minimum absolute atomic E-state index is 0.00336. The molecule has 1 unspecified atom stereocenters. The largest absolute Gasteiger partial charge is 0.331 e. The summed E-state index contributed by atoms with van der Waals surface area (Å²) in [6.45, 7) is 6.32. The second-order valence-electron chi connectivity index (χ2n) is 6.95. The molecule has 1 aliphatic rings. The van der Waals surface area contributed by atoms with Gasteiger partial charge >= 0.3 is 6.03 Å². The van der Waals surface area contributed by atoms with Crippen LogP contribution in [0.4, 0.5) is 4.79 Å². The predicted octanol–water partition coefficient (Wildman–Crippen LogP) is 2.92. The lowest BCUT2D eigenvalue weighted by molar-refractivity contribution is 0.134. The van der Waals surface area contributed by atoms with E-state index in [1.165, 1.54) is 11.2 Å². The van der Waals surface area contributed by atoms with E-state index in [0.717, 1.165) is 44.0 Å². The zero-order valence-electron chi connectivity index (χ0n) is 15.9. The first-order valence-corrected chi connectivity index (χ1v) is 10.3. The first-order valence-electron chi connectivity index (χ1n) is 9.44. The smallest absolute Gasteiger partial charge is 0.317 e. The van der Waals surface area contributed by atoms with Crippen LogP contribution < -0.4 is 5.32 Å². The number of carbonyl (C=O) groups excluding carboxylic acids is 1. The van der Waals surface area contributed by atoms with E-state index in [9.17, 15) is 4.79 Å². The summed E-state index contributed by atoms with van der Waals surface area (Å²) in [5.74, 6) is 0. The van der Waals surface area contributed by atoms with Crippen molar-refractivity contribution >= 4 is 17.4 Å². The summed E-state index contributed by atoms with van der Waals surface area (Å²) in [7, 11) is 0. The van der Waals surface area contributed by atoms with Gasteiger partial charge in [0.2, 0.25) is 0 Å². The Morgan fingerprint density at radius 3 is 2.61 bits per heavy atom. The van der Waals surface area contributed by atoms with Crippen LogP contribution >= 0.6 is 11.3 Å². The topological polar surface area (TPSA) is 66.3 Å². The Hall–Kier alpha value is -2.71. The van der Waals surface area contributed by atoms with E-state index in [4.69, 9.17) is 0 Å². The van der Waals surface area contributed by atoms with E-state index < -0.39 is 0 Å². The molecule has 3 heterocycles. The monoisotopic (exact) mass is 396 g/mol. The normalized spacial score (nSPS) is 16.1. The highest BCUT2D eigenvalue weighted by Crippen LogP contribution is 2.17. The van der Waals surface area contributed by atoms with Crippen molar-refractivity contribution in [3.63, 3.8) is 0 Å². The molecule has 1 saturated heterocycles. The minimum atomic E-state index is -0.0542. The molecule has 1 N–H and O–H groups in total. The molecule has 0 saturated carbocycles. The molecule has 2 aromatic heterocycles. The number of benzene rings is 1. The van der Waals surface area contributed by atoms with Crippen molar-refractivity contribution in [1.82, 2.24) is 29.9 Å². The fourth-order valence-electron chi connectivity index (χ4n) is 3.35. The molecule has 7 nitrogen and oxygen atoms in total. The summed E-state index contributed by atoms with van der Waals surface area (Å²) >= 11 is 1.79. The van der Waals surface area contributed by atoms with Crippen molar-refractivity contribution in [2.75, 3.05) is 26.2 Å². The van der Waals surface area contributed by atoms with Crippen molar-refractivity contribution in [2.45, 2.75) is 19.5 Å². The van der Waals surface area contributed by atoms with E-state index in [2.05, 4.69) is 37.8 Å². The summed E-state index contributed by atoms with van der Waals surface area (Å²) in [6, 6.07) is 12.2. The van der Waals surface area contributed by atoms with Gasteiger partial charge < -0.3 is 10.2 Å². The van der Waals surface area contributed by atoms with Gasteiger partial charge in [-0.25, -0.2) is 14.5 Å². The number of rotatable bonds is 5. The Kier molecular flexibility index (Phi) is 5.68. The third kappa shape index (κ3) is 4.40. The summed E-state index contributed by atoms with van der Waals surface area (Å²) in [5.41, 5.74) is 2.01. The molecule has 1 atom stereocenters. The fraction of sp³-hybridized carbons (Fsp3) is 0.350. The number of hydrogen-bond acceptors (Lipinski definition) is 5. The van der Waals surface area contributed by atoms with E-state index in [1.54, 1.807) is 22.3 Å². The lowest BCUT2D eigenvalue weighted by atomic mass is 10.1. The Balaban J connectivity index is 1.27. The molecule has 146 valence electrons. The number of nitrogens with zero attached hydrogens (tertiary/aromatic N) is 5. The SMILES string of the molecule is CC(NC(=O)N1CCN(Cc2cccs2)CC1)c1ccc(-n2cncn2)cc1. The highest BCUT2D eigenvalue weighted by molar-refractivity contribution is 7.09. The highest BCUT2D eigenvalue weighted by atomic mass is 32.1. The van der Waals surface area contributed by atoms with Gasteiger partial charge in [0.25, 0.3) is 0 Å². The van der Waals surface area contributed by atoms with Gasteiger partial charge in [0, 0.05) is 37.6 Å². The van der Waals surface area contributed by atoms with Gasteiger partial charge in [-0.15, -0.1) is 11.3 Å². The Bertz CT molecular complexity index is 870. The van der Waals surface area contributed by atoms with Gasteiger partial charge in [-0.3, -0.25) is 4.90 Å². The summed E-state index contributed by atoms with van der Waals surface area (Å²) in [5, 5.41) is 9.35. The lowest BCUT2D eigenvalue weighted by Crippen LogP contribution is -2.51. The number of piperazine rings is 1. The summed E-state index contributed by atoms with van der Waals surface area (Å²) < 4.78 is 1.71. The first kappa shape index (κ1) is 18.6. The Morgan fingerprint density at radius 1 is 1.18 bits per heavy atom. The van der Waals surface area contributed by atoms with Crippen molar-refractivity contribution in [1.29, 1.82) is 0 Å². The zero-order valence-corrected chi connectivity index (χ0v) is 16.7. The molecule has 1 aromatic carbocycles. The molecule has 8 heteroatoms. The van der Waals surface area contributed by atoms with Crippen LogP contribution in [0.1, 0.15) is 23.4 Å². The molecule has 0 spiro atoms. The summed E-state index contributed by atoms with van der Waals surface area (Å²) in [6.07, 6.45) is 3.18. The van der Waals surface area contributed by atoms with Crippen LogP contribution in [0.2, 0.25) is 0 Å². The van der Waals surface area contributed by atoms with Crippen LogP contribution in [-0.4, -0.2) is 56.8 Å². The quantitative estimate of drug-likeness (QED) is 0.720. The molecule has 0 aliphatic carbocycles. The van der Waals surface area contributed by atoms with Crippen molar-refractivity contribution in [3.8, 4) is 5.69 Å². The van der Waals surface area contributed by atoms with E-state index in [-0.39, 0.29) is 12.1 Å². The number of hydrogen-bond donors (Lipinski definition) is 1. The Labute approximate surface area is 168 Å². The maximum atomic E-state index is 12.6. The molecule has 28 heavy (non-hydrogen) atoms. The minimum Gasteiger partial charge on any atom is -0.331 e. The average Bonchev–Trinajstić information content (AvgIpc) is 3.43. The van der Waals surface area contributed by atoms with Crippen LogP contribution in [0.5, 0.6) is 0 Å². The molecule has 4 rings (SSSR count). The number of carbonyl (C=O) groups is 1. The standard InChI is InChI=1S/C20H24N6OS/c1-16(17-4-6-18(7-5-17)26-15-21-14-22-26)23-20(27)25-10-8-24(9-11-25)13-19-3-2-12-28-19/h2-7,12,14-16H,8-11,13H2,1H3,(H,23,27). The van der Waals surface area contributed by atoms with E-state index in [0.29, 0.717) is 0 Å². The highest BCUT2D eigenvalue weighted by Gasteiger charge is 2.22. The number of thiophene rings is 1. The number of urea groups is 1. The number of nitrogens with one attached hydrogen (secondary N) is 1. The molecular formula is C20H24N6OS. The summed E-state index contributed by atoms with van der Waals surface area (Å²) in [4.78, 5) is 22.3. The van der Waals surface area contributed by atoms with Crippen LogP contribution in [-0.2, 0) is 6.54 Å².